The van der Waals surface area contributed by atoms with Crippen LogP contribution in [0.1, 0.15) is 17.2 Å². The van der Waals surface area contributed by atoms with Gasteiger partial charge < -0.3 is 10.1 Å². The molecule has 2 rings (SSSR count). The summed E-state index contributed by atoms with van der Waals surface area (Å²) in [6.45, 7) is 0. The molecule has 0 bridgehead atoms. The highest BCUT2D eigenvalue weighted by atomic mass is 16.6. The van der Waals surface area contributed by atoms with E-state index in [2.05, 4.69) is 4.98 Å². The number of nitrogens with one attached hydrogen (secondary N) is 2. The maximum Gasteiger partial charge on any atom is 0.325 e. The molecule has 8 nitrogen and oxygen atoms in total. The average molecular weight is 263 g/mol. The predicted octanol–water partition coefficient (Wildman–Crippen LogP) is 0.0531. The van der Waals surface area contributed by atoms with Crippen molar-refractivity contribution >= 4 is 5.69 Å². The molecule has 0 aliphatic heterocycles. The topological polar surface area (TPSA) is 129 Å². The number of aromatic nitrogens is 2. The highest BCUT2D eigenvalue weighted by Crippen LogP contribution is 2.21. The first-order chi connectivity index (χ1) is 8.99. The first kappa shape index (κ1) is 12.7. The van der Waals surface area contributed by atoms with E-state index in [9.17, 15) is 24.8 Å². The summed E-state index contributed by atoms with van der Waals surface area (Å²) in [5.41, 5.74) is -1.25. The summed E-state index contributed by atoms with van der Waals surface area (Å²) in [7, 11) is 0. The second-order valence-corrected chi connectivity index (χ2v) is 3.78. The van der Waals surface area contributed by atoms with Crippen LogP contribution < -0.4 is 11.2 Å². The Balaban J connectivity index is 2.38. The van der Waals surface area contributed by atoms with Gasteiger partial charge in [-0.3, -0.25) is 19.9 Å². The van der Waals surface area contributed by atoms with E-state index in [4.69, 9.17) is 0 Å². The minimum Gasteiger partial charge on any atom is -0.383 e. The third-order valence-electron chi connectivity index (χ3n) is 2.56. The fraction of sp³-hybridized carbons (Fsp3) is 0.0909. The maximum absolute atomic E-state index is 11.5. The SMILES string of the molecule is O=c1[nH]cc(C(O)c2ccc([N+](=O)[O-])cc2)c(=O)[nH]1. The molecule has 19 heavy (non-hydrogen) atoms. The second kappa shape index (κ2) is 4.86. The van der Waals surface area contributed by atoms with Gasteiger partial charge in [0, 0.05) is 18.3 Å². The molecule has 2 aromatic rings. The third-order valence-corrected chi connectivity index (χ3v) is 2.56. The van der Waals surface area contributed by atoms with E-state index < -0.39 is 22.3 Å². The Morgan fingerprint density at radius 2 is 1.84 bits per heavy atom. The number of aliphatic hydroxyl groups excluding tert-OH is 1. The van der Waals surface area contributed by atoms with E-state index in [1.54, 1.807) is 0 Å². The number of aromatic amines is 2. The van der Waals surface area contributed by atoms with Gasteiger partial charge in [-0.05, 0) is 17.7 Å². The summed E-state index contributed by atoms with van der Waals surface area (Å²) >= 11 is 0. The molecule has 0 radical (unpaired) electrons. The molecule has 8 heteroatoms. The summed E-state index contributed by atoms with van der Waals surface area (Å²) in [5.74, 6) is 0. The summed E-state index contributed by atoms with van der Waals surface area (Å²) in [4.78, 5) is 36.5. The molecule has 1 atom stereocenters. The quantitative estimate of drug-likeness (QED) is 0.532. The lowest BCUT2D eigenvalue weighted by atomic mass is 10.0. The van der Waals surface area contributed by atoms with Crippen LogP contribution in [-0.4, -0.2) is 20.0 Å². The number of nitro benzene ring substituents is 1. The Morgan fingerprint density at radius 3 is 2.37 bits per heavy atom. The highest BCUT2D eigenvalue weighted by Gasteiger charge is 2.15. The molecule has 1 heterocycles. The van der Waals surface area contributed by atoms with Crippen molar-refractivity contribution in [2.75, 3.05) is 0 Å². The van der Waals surface area contributed by atoms with E-state index in [-0.39, 0.29) is 11.3 Å². The standard InChI is InChI=1S/C11H9N3O5/c15-9(8-5-12-11(17)13-10(8)16)6-1-3-7(4-2-6)14(18)19/h1-5,9,15H,(H2,12,13,16,17). The monoisotopic (exact) mass is 263 g/mol. The summed E-state index contributed by atoms with van der Waals surface area (Å²) in [6.07, 6.45) is -0.172. The molecule has 98 valence electrons. The Morgan fingerprint density at radius 1 is 1.21 bits per heavy atom. The van der Waals surface area contributed by atoms with Crippen molar-refractivity contribution in [3.63, 3.8) is 0 Å². The molecular formula is C11H9N3O5. The van der Waals surface area contributed by atoms with Crippen LogP contribution in [0.15, 0.2) is 40.1 Å². The zero-order valence-electron chi connectivity index (χ0n) is 9.49. The van der Waals surface area contributed by atoms with Crippen molar-refractivity contribution in [2.45, 2.75) is 6.10 Å². The number of nitro groups is 1. The second-order valence-electron chi connectivity index (χ2n) is 3.78. The Labute approximate surface area is 105 Å². The molecule has 0 saturated heterocycles. The molecule has 0 fully saturated rings. The molecule has 0 saturated carbocycles. The van der Waals surface area contributed by atoms with Gasteiger partial charge in [0.25, 0.3) is 11.2 Å². The smallest absolute Gasteiger partial charge is 0.325 e. The number of nitrogens with zero attached hydrogens (tertiary/aromatic N) is 1. The van der Waals surface area contributed by atoms with Gasteiger partial charge >= 0.3 is 5.69 Å². The van der Waals surface area contributed by atoms with Crippen molar-refractivity contribution in [1.29, 1.82) is 0 Å². The summed E-state index contributed by atoms with van der Waals surface area (Å²) in [6, 6.07) is 5.12. The zero-order valence-corrected chi connectivity index (χ0v) is 9.49. The number of hydrogen-bond donors (Lipinski definition) is 3. The van der Waals surface area contributed by atoms with Gasteiger partial charge in [0.1, 0.15) is 6.10 Å². The van der Waals surface area contributed by atoms with Gasteiger partial charge in [0.05, 0.1) is 10.5 Å². The van der Waals surface area contributed by atoms with Crippen LogP contribution in [0.4, 0.5) is 5.69 Å². The van der Waals surface area contributed by atoms with Gasteiger partial charge in [-0.15, -0.1) is 0 Å². The Hall–Kier alpha value is -2.74. The number of rotatable bonds is 3. The van der Waals surface area contributed by atoms with Crippen LogP contribution in [0.3, 0.4) is 0 Å². The average Bonchev–Trinajstić information content (AvgIpc) is 2.38. The van der Waals surface area contributed by atoms with Crippen molar-refractivity contribution in [2.24, 2.45) is 0 Å². The van der Waals surface area contributed by atoms with Crippen LogP contribution in [-0.2, 0) is 0 Å². The fourth-order valence-electron chi connectivity index (χ4n) is 1.58. The van der Waals surface area contributed by atoms with Crippen LogP contribution in [0.2, 0.25) is 0 Å². The first-order valence-electron chi connectivity index (χ1n) is 5.23. The molecule has 0 aliphatic carbocycles. The van der Waals surface area contributed by atoms with E-state index in [0.717, 1.165) is 6.20 Å². The minimum absolute atomic E-state index is 0.0477. The normalized spacial score (nSPS) is 12.1. The molecule has 0 amide bonds. The lowest BCUT2D eigenvalue weighted by molar-refractivity contribution is -0.384. The fourth-order valence-corrected chi connectivity index (χ4v) is 1.58. The van der Waals surface area contributed by atoms with Crippen molar-refractivity contribution < 1.29 is 10.0 Å². The molecule has 1 unspecified atom stereocenters. The van der Waals surface area contributed by atoms with Crippen LogP contribution >= 0.6 is 0 Å². The number of hydrogen-bond acceptors (Lipinski definition) is 5. The maximum atomic E-state index is 11.5. The molecule has 1 aromatic heterocycles. The number of H-pyrrole nitrogens is 2. The lowest BCUT2D eigenvalue weighted by Crippen LogP contribution is -2.26. The van der Waals surface area contributed by atoms with Gasteiger partial charge in [-0.1, -0.05) is 0 Å². The zero-order chi connectivity index (χ0) is 14.0. The highest BCUT2D eigenvalue weighted by molar-refractivity contribution is 5.36. The van der Waals surface area contributed by atoms with Gasteiger partial charge in [-0.25, -0.2) is 4.79 Å². The number of non-ortho nitro benzene ring substituents is 1. The lowest BCUT2D eigenvalue weighted by Gasteiger charge is -2.09. The largest absolute Gasteiger partial charge is 0.383 e. The third kappa shape index (κ3) is 2.58. The summed E-state index contributed by atoms with van der Waals surface area (Å²) in [5, 5.41) is 20.5. The van der Waals surface area contributed by atoms with Crippen molar-refractivity contribution in [3.8, 4) is 0 Å². The predicted molar refractivity (Wildman–Crippen MR) is 64.8 cm³/mol. The molecular weight excluding hydrogens is 254 g/mol. The molecule has 0 spiro atoms. The first-order valence-corrected chi connectivity index (χ1v) is 5.23. The van der Waals surface area contributed by atoms with Crippen LogP contribution in [0.5, 0.6) is 0 Å². The molecule has 3 N–H and O–H groups in total. The van der Waals surface area contributed by atoms with Crippen LogP contribution in [0.25, 0.3) is 0 Å². The number of aliphatic hydroxyl groups is 1. The molecule has 0 aliphatic rings. The van der Waals surface area contributed by atoms with Crippen LogP contribution in [0, 0.1) is 10.1 Å². The Bertz CT molecular complexity index is 716. The van der Waals surface area contributed by atoms with Gasteiger partial charge in [-0.2, -0.15) is 0 Å². The van der Waals surface area contributed by atoms with Gasteiger partial charge in [0.15, 0.2) is 0 Å². The van der Waals surface area contributed by atoms with E-state index >= 15 is 0 Å². The Kier molecular flexibility index (Phi) is 3.25. The van der Waals surface area contributed by atoms with Crippen molar-refractivity contribution in [1.82, 2.24) is 9.97 Å². The minimum atomic E-state index is -1.28. The van der Waals surface area contributed by atoms with E-state index in [1.165, 1.54) is 24.3 Å². The van der Waals surface area contributed by atoms with Gasteiger partial charge in [0.2, 0.25) is 0 Å². The van der Waals surface area contributed by atoms with E-state index in [1.807, 2.05) is 4.98 Å². The van der Waals surface area contributed by atoms with Crippen molar-refractivity contribution in [3.05, 3.63) is 72.5 Å². The number of benzene rings is 1. The molecule has 1 aromatic carbocycles. The van der Waals surface area contributed by atoms with E-state index in [0.29, 0.717) is 5.56 Å². The summed E-state index contributed by atoms with van der Waals surface area (Å²) < 4.78 is 0.